The molecule has 2 amide bonds. The van der Waals surface area contributed by atoms with Crippen molar-refractivity contribution in [1.29, 1.82) is 0 Å². The average molecular weight is 316 g/mol. The van der Waals surface area contributed by atoms with Crippen LogP contribution in [0.3, 0.4) is 0 Å². The van der Waals surface area contributed by atoms with E-state index in [1.165, 1.54) is 36.0 Å². The molecule has 2 atom stereocenters. The summed E-state index contributed by atoms with van der Waals surface area (Å²) in [4.78, 5) is 12.1. The van der Waals surface area contributed by atoms with E-state index in [-0.39, 0.29) is 6.03 Å². The first kappa shape index (κ1) is 17.8. The predicted molar refractivity (Wildman–Crippen MR) is 96.8 cm³/mol. The van der Waals surface area contributed by atoms with Crippen molar-refractivity contribution in [1.82, 2.24) is 10.6 Å². The minimum atomic E-state index is -0.00366. The number of amides is 2. The van der Waals surface area contributed by atoms with Crippen LogP contribution in [0.1, 0.15) is 62.6 Å². The van der Waals surface area contributed by atoms with Crippen LogP contribution >= 0.6 is 0 Å². The highest BCUT2D eigenvalue weighted by atomic mass is 16.2. The number of rotatable bonds is 6. The number of nitrogens with one attached hydrogen (secondary N) is 2. The maximum absolute atomic E-state index is 12.1. The van der Waals surface area contributed by atoms with E-state index in [1.807, 2.05) is 0 Å². The van der Waals surface area contributed by atoms with Gasteiger partial charge in [-0.1, -0.05) is 51.3 Å². The largest absolute Gasteiger partial charge is 0.338 e. The van der Waals surface area contributed by atoms with Gasteiger partial charge in [0.2, 0.25) is 0 Å². The van der Waals surface area contributed by atoms with Crippen LogP contribution in [0.4, 0.5) is 4.79 Å². The van der Waals surface area contributed by atoms with E-state index in [0.29, 0.717) is 12.6 Å². The summed E-state index contributed by atoms with van der Waals surface area (Å²) >= 11 is 0. The highest BCUT2D eigenvalue weighted by Crippen LogP contribution is 2.26. The van der Waals surface area contributed by atoms with E-state index in [9.17, 15) is 4.79 Å². The number of aryl methyl sites for hydroxylation is 2. The molecule has 2 N–H and O–H groups in total. The van der Waals surface area contributed by atoms with Crippen LogP contribution in [0.2, 0.25) is 0 Å². The Morgan fingerprint density at radius 2 is 2.09 bits per heavy atom. The lowest BCUT2D eigenvalue weighted by atomic mass is 9.84. The summed E-state index contributed by atoms with van der Waals surface area (Å²) in [6.07, 6.45) is 8.02. The van der Waals surface area contributed by atoms with Crippen LogP contribution < -0.4 is 10.6 Å². The molecule has 0 saturated heterocycles. The molecule has 0 aromatic heterocycles. The maximum Gasteiger partial charge on any atom is 0.315 e. The van der Waals surface area contributed by atoms with E-state index in [2.05, 4.69) is 49.6 Å². The third-order valence-electron chi connectivity index (χ3n) is 5.20. The fourth-order valence-corrected chi connectivity index (χ4v) is 3.55. The van der Waals surface area contributed by atoms with Crippen molar-refractivity contribution in [3.63, 3.8) is 0 Å². The van der Waals surface area contributed by atoms with Crippen molar-refractivity contribution < 1.29 is 4.79 Å². The van der Waals surface area contributed by atoms with Crippen LogP contribution in [0.25, 0.3) is 0 Å². The first-order valence-corrected chi connectivity index (χ1v) is 9.25. The Hall–Kier alpha value is -1.51. The number of benzene rings is 1. The maximum atomic E-state index is 12.1. The third-order valence-corrected chi connectivity index (χ3v) is 5.20. The van der Waals surface area contributed by atoms with Crippen LogP contribution in [-0.4, -0.2) is 18.6 Å². The number of carbonyl (C=O) groups is 1. The molecule has 3 heteroatoms. The Labute approximate surface area is 141 Å². The van der Waals surface area contributed by atoms with Gasteiger partial charge in [-0.25, -0.2) is 4.79 Å². The standard InChI is InChI=1S/C20H32N2O/c1-4-16-7-6-8-19(14-16)22-20(23)21-12-11-18-13-17(5-2)10-9-15(18)3/h9-10,13,16,19H,4-8,11-12,14H2,1-3H3,(H2,21,22,23). The topological polar surface area (TPSA) is 41.1 Å². The molecule has 0 bridgehead atoms. The second kappa shape index (κ2) is 8.95. The van der Waals surface area contributed by atoms with E-state index in [1.54, 1.807) is 0 Å². The summed E-state index contributed by atoms with van der Waals surface area (Å²) in [7, 11) is 0. The zero-order chi connectivity index (χ0) is 16.7. The van der Waals surface area contributed by atoms with Crippen LogP contribution in [-0.2, 0) is 12.8 Å². The monoisotopic (exact) mass is 316 g/mol. The molecule has 23 heavy (non-hydrogen) atoms. The predicted octanol–water partition coefficient (Wildman–Crippen LogP) is 4.37. The lowest BCUT2D eigenvalue weighted by Gasteiger charge is -2.29. The lowest BCUT2D eigenvalue weighted by molar-refractivity contribution is 0.224. The molecular weight excluding hydrogens is 284 g/mol. The number of urea groups is 1. The van der Waals surface area contributed by atoms with Gasteiger partial charge in [0.1, 0.15) is 0 Å². The molecular formula is C20H32N2O. The quantitative estimate of drug-likeness (QED) is 0.804. The van der Waals surface area contributed by atoms with Crippen LogP contribution in [0, 0.1) is 12.8 Å². The number of hydrogen-bond donors (Lipinski definition) is 2. The molecule has 0 radical (unpaired) electrons. The normalized spacial score (nSPS) is 21.0. The Bertz CT molecular complexity index is 512. The van der Waals surface area contributed by atoms with Gasteiger partial charge in [-0.2, -0.15) is 0 Å². The fraction of sp³-hybridized carbons (Fsp3) is 0.650. The van der Waals surface area contributed by atoms with Gasteiger partial charge in [0, 0.05) is 12.6 Å². The van der Waals surface area contributed by atoms with Gasteiger partial charge in [-0.15, -0.1) is 0 Å². The molecule has 3 nitrogen and oxygen atoms in total. The molecule has 1 fully saturated rings. The van der Waals surface area contributed by atoms with Gasteiger partial charge in [0.25, 0.3) is 0 Å². The molecule has 0 spiro atoms. The van der Waals surface area contributed by atoms with Crippen LogP contribution in [0.15, 0.2) is 18.2 Å². The third kappa shape index (κ3) is 5.56. The SMILES string of the molecule is CCc1ccc(C)c(CCNC(=O)NC2CCCC(CC)C2)c1. The summed E-state index contributed by atoms with van der Waals surface area (Å²) in [5.74, 6) is 0.786. The Kier molecular flexibility index (Phi) is 6.94. The summed E-state index contributed by atoms with van der Waals surface area (Å²) in [6.45, 7) is 7.26. The molecule has 0 aliphatic heterocycles. The highest BCUT2D eigenvalue weighted by Gasteiger charge is 2.21. The second-order valence-electron chi connectivity index (χ2n) is 6.90. The fourth-order valence-electron chi connectivity index (χ4n) is 3.55. The summed E-state index contributed by atoms with van der Waals surface area (Å²) in [5.41, 5.74) is 4.01. The lowest BCUT2D eigenvalue weighted by Crippen LogP contribution is -2.44. The van der Waals surface area contributed by atoms with Crippen molar-refractivity contribution in [2.24, 2.45) is 5.92 Å². The number of hydrogen-bond acceptors (Lipinski definition) is 1. The van der Waals surface area contributed by atoms with Gasteiger partial charge in [-0.3, -0.25) is 0 Å². The van der Waals surface area contributed by atoms with Gasteiger partial charge >= 0.3 is 6.03 Å². The van der Waals surface area contributed by atoms with Crippen molar-refractivity contribution in [2.75, 3.05) is 6.54 Å². The van der Waals surface area contributed by atoms with Crippen molar-refractivity contribution in [3.05, 3.63) is 34.9 Å². The van der Waals surface area contributed by atoms with E-state index in [0.717, 1.165) is 31.6 Å². The van der Waals surface area contributed by atoms with E-state index < -0.39 is 0 Å². The Morgan fingerprint density at radius 3 is 2.83 bits per heavy atom. The van der Waals surface area contributed by atoms with Gasteiger partial charge in [0.05, 0.1) is 0 Å². The van der Waals surface area contributed by atoms with Crippen molar-refractivity contribution in [3.8, 4) is 0 Å². The minimum absolute atomic E-state index is 0.00366. The molecule has 1 aromatic carbocycles. The van der Waals surface area contributed by atoms with Crippen molar-refractivity contribution >= 4 is 6.03 Å². The summed E-state index contributed by atoms with van der Waals surface area (Å²) < 4.78 is 0. The summed E-state index contributed by atoms with van der Waals surface area (Å²) in [6, 6.07) is 6.99. The van der Waals surface area contributed by atoms with Crippen molar-refractivity contribution in [2.45, 2.75) is 71.8 Å². The molecule has 1 aliphatic carbocycles. The van der Waals surface area contributed by atoms with Gasteiger partial charge < -0.3 is 10.6 Å². The molecule has 1 saturated carbocycles. The smallest absolute Gasteiger partial charge is 0.315 e. The zero-order valence-corrected chi connectivity index (χ0v) is 15.0. The molecule has 2 unspecified atom stereocenters. The minimum Gasteiger partial charge on any atom is -0.338 e. The Balaban J connectivity index is 1.74. The van der Waals surface area contributed by atoms with E-state index >= 15 is 0 Å². The van der Waals surface area contributed by atoms with Crippen LogP contribution in [0.5, 0.6) is 0 Å². The molecule has 1 aromatic rings. The Morgan fingerprint density at radius 1 is 1.26 bits per heavy atom. The van der Waals surface area contributed by atoms with Gasteiger partial charge in [0.15, 0.2) is 0 Å². The molecule has 0 heterocycles. The number of carbonyl (C=O) groups excluding carboxylic acids is 1. The van der Waals surface area contributed by atoms with E-state index in [4.69, 9.17) is 0 Å². The average Bonchev–Trinajstić information content (AvgIpc) is 2.56. The molecule has 128 valence electrons. The first-order valence-electron chi connectivity index (χ1n) is 9.25. The molecule has 1 aliphatic rings. The zero-order valence-electron chi connectivity index (χ0n) is 15.0. The van der Waals surface area contributed by atoms with Gasteiger partial charge in [-0.05, 0) is 55.2 Å². The first-order chi connectivity index (χ1) is 11.1. The second-order valence-corrected chi connectivity index (χ2v) is 6.90. The molecule has 2 rings (SSSR count). The highest BCUT2D eigenvalue weighted by molar-refractivity contribution is 5.74. The summed E-state index contributed by atoms with van der Waals surface area (Å²) in [5, 5.41) is 6.18.